The number of fused-ring (bicyclic) bond motifs is 1. The van der Waals surface area contributed by atoms with Gasteiger partial charge in [-0.05, 0) is 48.1 Å². The maximum atomic E-state index is 12.1. The van der Waals surface area contributed by atoms with Gasteiger partial charge in [0, 0.05) is 6.42 Å². The van der Waals surface area contributed by atoms with E-state index >= 15 is 0 Å². The number of hydrogen-bond acceptors (Lipinski definition) is 3. The summed E-state index contributed by atoms with van der Waals surface area (Å²) in [6.07, 6.45) is 5.47. The van der Waals surface area contributed by atoms with Crippen molar-refractivity contribution < 1.29 is 4.79 Å². The molecule has 0 amide bonds. The number of nitrogen functional groups attached to an aromatic ring is 1. The lowest BCUT2D eigenvalue weighted by molar-refractivity contribution is 0.0988. The van der Waals surface area contributed by atoms with Gasteiger partial charge in [0.05, 0.1) is 11.9 Å². The van der Waals surface area contributed by atoms with Crippen molar-refractivity contribution in [3.8, 4) is 0 Å². The molecule has 3 nitrogen and oxygen atoms in total. The molecule has 1 heterocycles. The molecule has 3 rings (SSSR count). The van der Waals surface area contributed by atoms with Gasteiger partial charge in [-0.2, -0.15) is 0 Å². The molecule has 0 atom stereocenters. The average molecular weight is 252 g/mol. The summed E-state index contributed by atoms with van der Waals surface area (Å²) in [5, 5.41) is 0. The Morgan fingerprint density at radius 1 is 1.16 bits per heavy atom. The lowest BCUT2D eigenvalue weighted by atomic mass is 10.0. The third-order valence-corrected chi connectivity index (χ3v) is 3.60. The van der Waals surface area contributed by atoms with Crippen molar-refractivity contribution in [3.63, 3.8) is 0 Å². The largest absolute Gasteiger partial charge is 0.397 e. The summed E-state index contributed by atoms with van der Waals surface area (Å²) >= 11 is 0. The van der Waals surface area contributed by atoms with Crippen LogP contribution in [0.15, 0.2) is 36.5 Å². The number of anilines is 1. The van der Waals surface area contributed by atoms with E-state index in [0.717, 1.165) is 12.0 Å². The van der Waals surface area contributed by atoms with Gasteiger partial charge in [-0.15, -0.1) is 0 Å². The van der Waals surface area contributed by atoms with Gasteiger partial charge in [0.25, 0.3) is 0 Å². The van der Waals surface area contributed by atoms with E-state index in [0.29, 0.717) is 17.8 Å². The fourth-order valence-electron chi connectivity index (χ4n) is 2.58. The minimum Gasteiger partial charge on any atom is -0.397 e. The maximum absolute atomic E-state index is 12.1. The molecule has 0 fully saturated rings. The first-order chi connectivity index (χ1) is 9.22. The summed E-state index contributed by atoms with van der Waals surface area (Å²) in [6.45, 7) is 0. The molecule has 0 bridgehead atoms. The van der Waals surface area contributed by atoms with Gasteiger partial charge in [0.15, 0.2) is 5.78 Å². The highest BCUT2D eigenvalue weighted by Gasteiger charge is 2.13. The Morgan fingerprint density at radius 2 is 2.00 bits per heavy atom. The maximum Gasteiger partial charge on any atom is 0.185 e. The van der Waals surface area contributed by atoms with Gasteiger partial charge in [0.1, 0.15) is 5.69 Å². The van der Waals surface area contributed by atoms with E-state index in [1.54, 1.807) is 12.1 Å². The van der Waals surface area contributed by atoms with Crippen LogP contribution < -0.4 is 5.73 Å². The second kappa shape index (κ2) is 4.84. The molecule has 2 N–H and O–H groups in total. The van der Waals surface area contributed by atoms with Crippen LogP contribution in [-0.4, -0.2) is 10.8 Å². The third kappa shape index (κ3) is 2.50. The van der Waals surface area contributed by atoms with E-state index in [9.17, 15) is 4.79 Å². The molecule has 3 heteroatoms. The lowest BCUT2D eigenvalue weighted by Crippen LogP contribution is -2.06. The molecule has 1 aliphatic carbocycles. The van der Waals surface area contributed by atoms with Crippen molar-refractivity contribution in [1.82, 2.24) is 4.98 Å². The highest BCUT2D eigenvalue weighted by atomic mass is 16.1. The van der Waals surface area contributed by atoms with E-state index in [-0.39, 0.29) is 5.78 Å². The molecular formula is C16H16N2O. The number of aromatic nitrogens is 1. The van der Waals surface area contributed by atoms with Crippen LogP contribution in [0.2, 0.25) is 0 Å². The fraction of sp³-hybridized carbons (Fsp3) is 0.250. The van der Waals surface area contributed by atoms with E-state index in [2.05, 4.69) is 23.2 Å². The van der Waals surface area contributed by atoms with Gasteiger partial charge in [-0.1, -0.05) is 18.2 Å². The van der Waals surface area contributed by atoms with Crippen molar-refractivity contribution >= 4 is 11.5 Å². The number of hydrogen-bond donors (Lipinski definition) is 1. The first-order valence-corrected chi connectivity index (χ1v) is 6.58. The molecule has 19 heavy (non-hydrogen) atoms. The smallest absolute Gasteiger partial charge is 0.185 e. The van der Waals surface area contributed by atoms with E-state index in [4.69, 9.17) is 5.73 Å². The van der Waals surface area contributed by atoms with E-state index in [1.165, 1.54) is 30.2 Å². The molecule has 0 saturated carbocycles. The van der Waals surface area contributed by atoms with Crippen molar-refractivity contribution in [3.05, 3.63) is 58.9 Å². The van der Waals surface area contributed by atoms with Crippen molar-refractivity contribution in [2.75, 3.05) is 5.73 Å². The number of nitrogens with two attached hydrogens (primary N) is 1. The zero-order valence-corrected chi connectivity index (χ0v) is 10.7. The molecule has 0 radical (unpaired) electrons. The van der Waals surface area contributed by atoms with Crippen LogP contribution in [0.5, 0.6) is 0 Å². The van der Waals surface area contributed by atoms with Crippen LogP contribution in [-0.2, 0) is 19.3 Å². The van der Waals surface area contributed by atoms with Crippen molar-refractivity contribution in [1.29, 1.82) is 0 Å². The normalized spacial score (nSPS) is 13.3. The number of ketones is 1. The number of carbonyl (C=O) groups is 1. The monoisotopic (exact) mass is 252 g/mol. The zero-order chi connectivity index (χ0) is 13.2. The van der Waals surface area contributed by atoms with Gasteiger partial charge in [-0.25, -0.2) is 0 Å². The second-order valence-electron chi connectivity index (χ2n) is 5.03. The molecule has 1 aliphatic rings. The van der Waals surface area contributed by atoms with Crippen molar-refractivity contribution in [2.24, 2.45) is 0 Å². The Morgan fingerprint density at radius 3 is 2.79 bits per heavy atom. The minimum atomic E-state index is 0.0398. The van der Waals surface area contributed by atoms with Gasteiger partial charge >= 0.3 is 0 Å². The Bertz CT molecular complexity index is 617. The number of nitrogens with zero attached hydrogens (tertiary/aromatic N) is 1. The summed E-state index contributed by atoms with van der Waals surface area (Å²) in [4.78, 5) is 16.2. The number of rotatable bonds is 3. The number of Topliss-reactive ketones (excluding diaryl/α,β-unsaturated/α-hetero) is 1. The average Bonchev–Trinajstić information content (AvgIpc) is 2.87. The lowest BCUT2D eigenvalue weighted by Gasteiger charge is -2.04. The SMILES string of the molecule is Nc1ccc(C(=O)Cc2ccc3c(c2)CCC3)nc1. The molecule has 0 spiro atoms. The Kier molecular flexibility index (Phi) is 3.03. The quantitative estimate of drug-likeness (QED) is 0.854. The molecular weight excluding hydrogens is 236 g/mol. The molecule has 1 aromatic heterocycles. The molecule has 0 unspecified atom stereocenters. The van der Waals surface area contributed by atoms with Crippen LogP contribution >= 0.6 is 0 Å². The molecule has 1 aromatic carbocycles. The predicted molar refractivity (Wildman–Crippen MR) is 75.2 cm³/mol. The van der Waals surface area contributed by atoms with Crippen LogP contribution in [0, 0.1) is 0 Å². The van der Waals surface area contributed by atoms with Crippen LogP contribution in [0.4, 0.5) is 5.69 Å². The molecule has 2 aromatic rings. The van der Waals surface area contributed by atoms with Gasteiger partial charge < -0.3 is 5.73 Å². The number of carbonyl (C=O) groups excluding carboxylic acids is 1. The van der Waals surface area contributed by atoms with Gasteiger partial charge in [-0.3, -0.25) is 9.78 Å². The van der Waals surface area contributed by atoms with Crippen LogP contribution in [0.1, 0.15) is 33.6 Å². The zero-order valence-electron chi connectivity index (χ0n) is 10.7. The van der Waals surface area contributed by atoms with E-state index < -0.39 is 0 Å². The van der Waals surface area contributed by atoms with E-state index in [1.807, 2.05) is 0 Å². The standard InChI is InChI=1S/C16H16N2O/c17-14-6-7-15(18-10-14)16(19)9-11-4-5-12-2-1-3-13(12)8-11/h4-8,10H,1-3,9,17H2. The number of benzene rings is 1. The van der Waals surface area contributed by atoms with Gasteiger partial charge in [0.2, 0.25) is 0 Å². The highest BCUT2D eigenvalue weighted by Crippen LogP contribution is 2.23. The molecule has 0 saturated heterocycles. The summed E-state index contributed by atoms with van der Waals surface area (Å²) < 4.78 is 0. The molecule has 96 valence electrons. The van der Waals surface area contributed by atoms with Crippen LogP contribution in [0.25, 0.3) is 0 Å². The fourth-order valence-corrected chi connectivity index (χ4v) is 2.58. The second-order valence-corrected chi connectivity index (χ2v) is 5.03. The predicted octanol–water partition coefficient (Wildman–Crippen LogP) is 2.58. The Hall–Kier alpha value is -2.16. The molecule has 0 aliphatic heterocycles. The van der Waals surface area contributed by atoms with Crippen molar-refractivity contribution in [2.45, 2.75) is 25.7 Å². The summed E-state index contributed by atoms with van der Waals surface area (Å²) in [7, 11) is 0. The Balaban J connectivity index is 1.77. The minimum absolute atomic E-state index is 0.0398. The number of aryl methyl sites for hydroxylation is 2. The topological polar surface area (TPSA) is 56.0 Å². The first kappa shape index (κ1) is 11.9. The number of pyridine rings is 1. The first-order valence-electron chi connectivity index (χ1n) is 6.58. The Labute approximate surface area is 112 Å². The summed E-state index contributed by atoms with van der Waals surface area (Å²) in [5.74, 6) is 0.0398. The highest BCUT2D eigenvalue weighted by molar-refractivity contribution is 5.95. The summed E-state index contributed by atoms with van der Waals surface area (Å²) in [5.41, 5.74) is 10.5. The van der Waals surface area contributed by atoms with Crippen LogP contribution in [0.3, 0.4) is 0 Å². The summed E-state index contributed by atoms with van der Waals surface area (Å²) in [6, 6.07) is 9.77. The third-order valence-electron chi connectivity index (χ3n) is 3.60.